The van der Waals surface area contributed by atoms with E-state index >= 15 is 0 Å². The quantitative estimate of drug-likeness (QED) is 0.0347. The van der Waals surface area contributed by atoms with Crippen LogP contribution >= 0.6 is 0 Å². The highest BCUT2D eigenvalue weighted by atomic mass is 16.6. The van der Waals surface area contributed by atoms with E-state index in [1.54, 1.807) is 6.08 Å². The Morgan fingerprint density at radius 1 is 1.11 bits per heavy atom. The number of rotatable bonds is 14. The van der Waals surface area contributed by atoms with Crippen LogP contribution < -0.4 is 10.6 Å². The molecule has 4 aliphatic rings. The molecule has 0 aromatic carbocycles. The van der Waals surface area contributed by atoms with Crippen molar-refractivity contribution in [1.29, 1.82) is 0 Å². The molecule has 5 N–H and O–H groups in total. The van der Waals surface area contributed by atoms with Crippen LogP contribution in [0, 0.1) is 58.7 Å². The van der Waals surface area contributed by atoms with Gasteiger partial charge in [-0.2, -0.15) is 0 Å². The van der Waals surface area contributed by atoms with Crippen LogP contribution in [0.4, 0.5) is 4.79 Å². The number of aliphatic hydroxyl groups is 3. The van der Waals surface area contributed by atoms with Gasteiger partial charge in [-0.1, -0.05) is 32.0 Å². The predicted molar refractivity (Wildman–Crippen MR) is 176 cm³/mol. The Kier molecular flexibility index (Phi) is 13.0. The maximum Gasteiger partial charge on any atom is 0.408 e. The van der Waals surface area contributed by atoms with Gasteiger partial charge in [-0.3, -0.25) is 4.79 Å². The van der Waals surface area contributed by atoms with E-state index in [1.807, 2.05) is 0 Å². The Morgan fingerprint density at radius 2 is 1.89 bits per heavy atom. The molecule has 4 rings (SSSR count). The minimum Gasteiger partial charge on any atom is -0.447 e. The molecular weight excluding hydrogens is 602 g/mol. The molecule has 0 heterocycles. The van der Waals surface area contributed by atoms with Crippen molar-refractivity contribution in [2.45, 2.75) is 109 Å². The molecule has 0 saturated heterocycles. The summed E-state index contributed by atoms with van der Waals surface area (Å²) in [4.78, 5) is 27.4. The first-order valence-corrected chi connectivity index (χ1v) is 17.4. The Labute approximate surface area is 279 Å². The van der Waals surface area contributed by atoms with Crippen LogP contribution in [-0.4, -0.2) is 78.2 Å². The molecule has 12 nitrogen and oxygen atoms in total. The molecule has 0 bridgehead atoms. The molecule has 2 amide bonds. The van der Waals surface area contributed by atoms with E-state index in [4.69, 9.17) is 21.4 Å². The number of carbonyl (C=O) groups excluding carboxylic acids is 2. The van der Waals surface area contributed by atoms with Crippen molar-refractivity contribution in [2.75, 3.05) is 26.4 Å². The molecule has 0 spiro atoms. The number of ether oxygens (including phenoxy) is 2. The third-order valence-corrected chi connectivity index (χ3v) is 12.4. The molecule has 0 aromatic heterocycles. The van der Waals surface area contributed by atoms with Crippen molar-refractivity contribution in [3.05, 3.63) is 22.6 Å². The van der Waals surface area contributed by atoms with E-state index < -0.39 is 30.4 Å². The Bertz CT molecular complexity index is 1200. The van der Waals surface area contributed by atoms with Gasteiger partial charge in [-0.25, -0.2) is 4.79 Å². The minimum absolute atomic E-state index is 0.00116. The zero-order valence-corrected chi connectivity index (χ0v) is 28.2. The van der Waals surface area contributed by atoms with Crippen LogP contribution in [-0.2, 0) is 14.3 Å². The number of fused-ring (bicyclic) bond motifs is 5. The molecular formula is C35H55N5O7. The van der Waals surface area contributed by atoms with Crippen LogP contribution in [0.15, 0.2) is 17.3 Å². The van der Waals surface area contributed by atoms with Crippen molar-refractivity contribution in [3.63, 3.8) is 0 Å². The summed E-state index contributed by atoms with van der Waals surface area (Å²) in [7, 11) is 0. The summed E-state index contributed by atoms with van der Waals surface area (Å²) >= 11 is 0. The normalized spacial score (nSPS) is 37.3. The van der Waals surface area contributed by atoms with Crippen LogP contribution in [0.1, 0.15) is 85.0 Å². The molecule has 1 unspecified atom stereocenters. The molecule has 4 aliphatic carbocycles. The van der Waals surface area contributed by atoms with Gasteiger partial charge < -0.3 is 35.4 Å². The summed E-state index contributed by atoms with van der Waals surface area (Å²) in [6, 6.07) is 0. The monoisotopic (exact) mass is 657 g/mol. The van der Waals surface area contributed by atoms with Crippen LogP contribution in [0.5, 0.6) is 0 Å². The predicted octanol–water partition coefficient (Wildman–Crippen LogP) is 4.44. The van der Waals surface area contributed by atoms with Crippen molar-refractivity contribution >= 4 is 12.0 Å². The van der Waals surface area contributed by atoms with Gasteiger partial charge in [0.25, 0.3) is 0 Å². The van der Waals surface area contributed by atoms with Crippen LogP contribution in [0.3, 0.4) is 0 Å². The number of hydrogen-bond donors (Lipinski definition) is 5. The van der Waals surface area contributed by atoms with E-state index in [0.29, 0.717) is 43.6 Å². The standard InChI is InChI=1S/C35H55N5O7/c1-5-6-15-46-16-17-47-33(45)39-30(21-37-40-36)38-31(44)10-8-7-9-22(2)25-11-12-26-32-27(20-29(43)35(25,26)4)34(3)14-13-24(41)18-23(34)19-28(32)42/h1,8,10,22-30,32,41-43H,6-7,9,11-21H2,2-4H3,(H,38,44)(H,39,45)/b10-8+/t22-,23+,24-,25-,26+,27+,28-,29+,30?,32+,34+,35-/m1/s1. The molecule has 4 fully saturated rings. The first kappa shape index (κ1) is 37.0. The van der Waals surface area contributed by atoms with Gasteiger partial charge in [0.05, 0.1) is 38.1 Å². The molecule has 12 atom stereocenters. The van der Waals surface area contributed by atoms with Gasteiger partial charge in [0, 0.05) is 11.3 Å². The fraction of sp³-hybridized carbons (Fsp3) is 0.829. The second-order valence-corrected chi connectivity index (χ2v) is 14.8. The first-order valence-electron chi connectivity index (χ1n) is 17.4. The molecule has 0 aromatic rings. The molecule has 0 aliphatic heterocycles. The highest BCUT2D eigenvalue weighted by Gasteiger charge is 2.65. The number of carbonyl (C=O) groups is 2. The van der Waals surface area contributed by atoms with Crippen molar-refractivity contribution in [1.82, 2.24) is 10.6 Å². The Morgan fingerprint density at radius 3 is 2.64 bits per heavy atom. The van der Waals surface area contributed by atoms with E-state index in [1.165, 1.54) is 6.08 Å². The number of aliphatic hydroxyl groups excluding tert-OH is 3. The van der Waals surface area contributed by atoms with Gasteiger partial charge in [-0.15, -0.1) is 12.3 Å². The van der Waals surface area contributed by atoms with Crippen molar-refractivity contribution < 1.29 is 34.4 Å². The molecule has 47 heavy (non-hydrogen) atoms. The van der Waals surface area contributed by atoms with Gasteiger partial charge in [-0.05, 0) is 116 Å². The Hall–Kier alpha value is -2.81. The lowest BCUT2D eigenvalue weighted by atomic mass is 9.43. The number of alkyl carbamates (subject to hydrolysis) is 1. The molecule has 0 radical (unpaired) electrons. The molecule has 12 heteroatoms. The summed E-state index contributed by atoms with van der Waals surface area (Å²) in [6.45, 7) is 7.18. The van der Waals surface area contributed by atoms with Gasteiger partial charge >= 0.3 is 6.09 Å². The topological polar surface area (TPSA) is 186 Å². The lowest BCUT2D eigenvalue weighted by molar-refractivity contribution is -0.207. The highest BCUT2D eigenvalue weighted by molar-refractivity contribution is 5.88. The minimum atomic E-state index is -0.949. The van der Waals surface area contributed by atoms with E-state index in [0.717, 1.165) is 44.9 Å². The van der Waals surface area contributed by atoms with E-state index in [2.05, 4.69) is 47.4 Å². The van der Waals surface area contributed by atoms with Crippen molar-refractivity contribution in [2.24, 2.45) is 51.5 Å². The maximum atomic E-state index is 12.6. The number of nitrogens with zero attached hydrogens (tertiary/aromatic N) is 3. The largest absolute Gasteiger partial charge is 0.447 e. The van der Waals surface area contributed by atoms with Crippen LogP contribution in [0.25, 0.3) is 10.4 Å². The zero-order chi connectivity index (χ0) is 34.2. The Balaban J connectivity index is 1.28. The number of nitrogens with one attached hydrogen (secondary N) is 2. The second-order valence-electron chi connectivity index (χ2n) is 14.8. The van der Waals surface area contributed by atoms with E-state index in [-0.39, 0.29) is 54.4 Å². The smallest absolute Gasteiger partial charge is 0.408 e. The van der Waals surface area contributed by atoms with Crippen molar-refractivity contribution in [3.8, 4) is 12.3 Å². The van der Waals surface area contributed by atoms with E-state index in [9.17, 15) is 24.9 Å². The third-order valence-electron chi connectivity index (χ3n) is 12.4. The van der Waals surface area contributed by atoms with Gasteiger partial charge in [0.1, 0.15) is 12.8 Å². The molecule has 262 valence electrons. The summed E-state index contributed by atoms with van der Waals surface area (Å²) in [5.41, 5.74) is 8.48. The summed E-state index contributed by atoms with van der Waals surface area (Å²) < 4.78 is 10.3. The number of amides is 2. The second kappa shape index (κ2) is 16.5. The fourth-order valence-electron chi connectivity index (χ4n) is 9.96. The van der Waals surface area contributed by atoms with Gasteiger partial charge in [0.15, 0.2) is 0 Å². The summed E-state index contributed by atoms with van der Waals surface area (Å²) in [6.07, 6.45) is 13.5. The number of allylic oxidation sites excluding steroid dienone is 1. The summed E-state index contributed by atoms with van der Waals surface area (Å²) in [5.74, 6) is 3.63. The SMILES string of the molecule is C#CCCOCCOC(=O)NC(CN=[N+]=[N-])NC(=O)/C=C/CC[C@@H](C)[C@H]1CC[C@H]2[C@@H]3[C@H](O)C[C@@H]4C[C@H](O)CC[C@]4(C)[C@H]3C[C@H](O)[C@]12C. The number of hydrogen-bond acceptors (Lipinski definition) is 8. The first-order chi connectivity index (χ1) is 22.4. The zero-order valence-electron chi connectivity index (χ0n) is 28.2. The average molecular weight is 658 g/mol. The highest BCUT2D eigenvalue weighted by Crippen LogP contribution is 2.68. The number of terminal acetylenes is 1. The lowest BCUT2D eigenvalue weighted by Gasteiger charge is -2.63. The van der Waals surface area contributed by atoms with Gasteiger partial charge in [0.2, 0.25) is 5.91 Å². The van der Waals surface area contributed by atoms with Crippen LogP contribution in [0.2, 0.25) is 0 Å². The average Bonchev–Trinajstić information content (AvgIpc) is 3.39. The molecule has 4 saturated carbocycles. The fourth-order valence-corrected chi connectivity index (χ4v) is 9.96. The maximum absolute atomic E-state index is 12.6. The third kappa shape index (κ3) is 8.44. The lowest BCUT2D eigenvalue weighted by Crippen LogP contribution is -2.62. The summed E-state index contributed by atoms with van der Waals surface area (Å²) in [5, 5.41) is 42.2. The number of azide groups is 1.